The van der Waals surface area contributed by atoms with E-state index in [0.717, 1.165) is 11.3 Å². The predicted octanol–water partition coefficient (Wildman–Crippen LogP) is 0.469. The predicted molar refractivity (Wildman–Crippen MR) is 61.0 cm³/mol. The number of esters is 1. The highest BCUT2D eigenvalue weighted by molar-refractivity contribution is 7.91. The lowest BCUT2D eigenvalue weighted by Crippen LogP contribution is -2.40. The largest absolute Gasteiger partial charge is 0.468 e. The Kier molecular flexibility index (Phi) is 3.45. The Morgan fingerprint density at radius 1 is 1.65 bits per heavy atom. The summed E-state index contributed by atoms with van der Waals surface area (Å²) in [5, 5.41) is 0. The van der Waals surface area contributed by atoms with E-state index in [4.69, 9.17) is 0 Å². The van der Waals surface area contributed by atoms with Crippen molar-refractivity contribution in [1.29, 1.82) is 0 Å². The fraction of sp³-hybridized carbons (Fsp3) is 0.556. The fourth-order valence-corrected chi connectivity index (χ4v) is 4.42. The first-order chi connectivity index (χ1) is 8.07. The summed E-state index contributed by atoms with van der Waals surface area (Å²) in [6, 6.07) is -0.702. The number of methoxy groups -OCH3 is 1. The molecule has 94 valence electrons. The van der Waals surface area contributed by atoms with Crippen molar-refractivity contribution < 1.29 is 17.9 Å². The zero-order valence-corrected chi connectivity index (χ0v) is 10.8. The van der Waals surface area contributed by atoms with Gasteiger partial charge in [0.15, 0.2) is 4.21 Å². The van der Waals surface area contributed by atoms with Gasteiger partial charge in [-0.1, -0.05) is 0 Å². The topological polar surface area (TPSA) is 76.6 Å². The number of hydrogen-bond acceptors (Lipinski definition) is 6. The van der Waals surface area contributed by atoms with Crippen molar-refractivity contribution in [2.45, 2.75) is 23.1 Å². The standard InChI is InChI=1S/C9H12N2O4S2/c1-15-9(12)7-3-2-4-11(7)17(13,14)8-5-10-6-16-8/h5-7H,2-4H2,1H3/t7-/m0/s1. The SMILES string of the molecule is COC(=O)[C@@H]1CCCN1S(=O)(=O)c1cncs1. The molecule has 6 nitrogen and oxygen atoms in total. The molecule has 0 aromatic carbocycles. The molecule has 1 aromatic heterocycles. The Morgan fingerprint density at radius 2 is 2.41 bits per heavy atom. The molecule has 0 N–H and O–H groups in total. The number of hydrogen-bond donors (Lipinski definition) is 0. The lowest BCUT2D eigenvalue weighted by molar-refractivity contribution is -0.144. The number of thiazole rings is 1. The molecule has 17 heavy (non-hydrogen) atoms. The number of aromatic nitrogens is 1. The molecule has 2 rings (SSSR count). The van der Waals surface area contributed by atoms with Crippen LogP contribution < -0.4 is 0 Å². The first kappa shape index (κ1) is 12.5. The van der Waals surface area contributed by atoms with Crippen molar-refractivity contribution in [2.75, 3.05) is 13.7 Å². The molecule has 8 heteroatoms. The van der Waals surface area contributed by atoms with E-state index in [1.807, 2.05) is 0 Å². The van der Waals surface area contributed by atoms with Crippen molar-refractivity contribution >= 4 is 27.3 Å². The number of ether oxygens (including phenoxy) is 1. The van der Waals surface area contributed by atoms with Crippen molar-refractivity contribution in [2.24, 2.45) is 0 Å². The molecular formula is C9H12N2O4S2. The third kappa shape index (κ3) is 2.20. The van der Waals surface area contributed by atoms with Gasteiger partial charge in [-0.15, -0.1) is 11.3 Å². The van der Waals surface area contributed by atoms with Gasteiger partial charge < -0.3 is 4.74 Å². The zero-order chi connectivity index (χ0) is 12.5. The van der Waals surface area contributed by atoms with Crippen LogP contribution in [0.1, 0.15) is 12.8 Å². The maximum Gasteiger partial charge on any atom is 0.324 e. The Morgan fingerprint density at radius 3 is 3.00 bits per heavy atom. The quantitative estimate of drug-likeness (QED) is 0.750. The van der Waals surface area contributed by atoms with Crippen LogP contribution in [0, 0.1) is 0 Å². The van der Waals surface area contributed by atoms with Gasteiger partial charge in [-0.05, 0) is 12.8 Å². The van der Waals surface area contributed by atoms with E-state index in [-0.39, 0.29) is 4.21 Å². The molecule has 0 aliphatic carbocycles. The van der Waals surface area contributed by atoms with Gasteiger partial charge in [-0.3, -0.25) is 9.78 Å². The number of sulfonamides is 1. The van der Waals surface area contributed by atoms with Crippen molar-refractivity contribution in [3.63, 3.8) is 0 Å². The summed E-state index contributed by atoms with van der Waals surface area (Å²) >= 11 is 1.05. The van der Waals surface area contributed by atoms with Gasteiger partial charge >= 0.3 is 5.97 Å². The summed E-state index contributed by atoms with van der Waals surface area (Å²) in [5.41, 5.74) is 1.45. The van der Waals surface area contributed by atoms with Crippen molar-refractivity contribution in [3.05, 3.63) is 11.7 Å². The van der Waals surface area contributed by atoms with E-state index >= 15 is 0 Å². The van der Waals surface area contributed by atoms with Crippen LogP contribution in [0.4, 0.5) is 0 Å². The number of nitrogens with zero attached hydrogens (tertiary/aromatic N) is 2. The Bertz CT molecular complexity index is 497. The molecule has 0 saturated carbocycles. The Balaban J connectivity index is 2.31. The molecule has 0 amide bonds. The molecule has 1 saturated heterocycles. The normalized spacial score (nSPS) is 21.6. The number of rotatable bonds is 3. The van der Waals surface area contributed by atoms with Gasteiger partial charge in [-0.25, -0.2) is 8.42 Å². The average Bonchev–Trinajstić information content (AvgIpc) is 2.98. The maximum absolute atomic E-state index is 12.2. The zero-order valence-electron chi connectivity index (χ0n) is 9.20. The first-order valence-corrected chi connectivity index (χ1v) is 7.37. The maximum atomic E-state index is 12.2. The molecule has 0 unspecified atom stereocenters. The summed E-state index contributed by atoms with van der Waals surface area (Å²) in [6.45, 7) is 0.347. The second kappa shape index (κ2) is 4.71. The first-order valence-electron chi connectivity index (χ1n) is 5.05. The average molecular weight is 276 g/mol. The minimum atomic E-state index is -3.61. The van der Waals surface area contributed by atoms with Crippen LogP contribution in [-0.2, 0) is 19.6 Å². The van der Waals surface area contributed by atoms with Crippen LogP contribution in [0.5, 0.6) is 0 Å². The van der Waals surface area contributed by atoms with E-state index in [9.17, 15) is 13.2 Å². The van der Waals surface area contributed by atoms with Crippen molar-refractivity contribution in [3.8, 4) is 0 Å². The third-order valence-electron chi connectivity index (χ3n) is 2.65. The molecule has 1 aliphatic heterocycles. The monoisotopic (exact) mass is 276 g/mol. The van der Waals surface area contributed by atoms with Crippen LogP contribution in [0.3, 0.4) is 0 Å². The molecule has 1 atom stereocenters. The van der Waals surface area contributed by atoms with Crippen LogP contribution in [0.25, 0.3) is 0 Å². The molecule has 0 radical (unpaired) electrons. The molecular weight excluding hydrogens is 264 g/mol. The molecule has 0 bridgehead atoms. The van der Waals surface area contributed by atoms with E-state index in [1.54, 1.807) is 0 Å². The highest BCUT2D eigenvalue weighted by Crippen LogP contribution is 2.28. The van der Waals surface area contributed by atoms with E-state index in [0.29, 0.717) is 19.4 Å². The van der Waals surface area contributed by atoms with Gasteiger partial charge in [0.1, 0.15) is 6.04 Å². The highest BCUT2D eigenvalue weighted by Gasteiger charge is 2.40. The summed E-state index contributed by atoms with van der Waals surface area (Å²) < 4.78 is 30.4. The summed E-state index contributed by atoms with van der Waals surface area (Å²) in [7, 11) is -2.35. The summed E-state index contributed by atoms with van der Waals surface area (Å²) in [4.78, 5) is 15.2. The molecule has 0 spiro atoms. The number of carbonyl (C=O) groups is 1. The molecule has 1 aliphatic rings. The van der Waals surface area contributed by atoms with Gasteiger partial charge in [0.05, 0.1) is 18.8 Å². The van der Waals surface area contributed by atoms with Crippen LogP contribution >= 0.6 is 11.3 Å². The van der Waals surface area contributed by atoms with Gasteiger partial charge in [0.25, 0.3) is 10.0 Å². The summed E-state index contributed by atoms with van der Waals surface area (Å²) in [6.07, 6.45) is 2.47. The molecule has 2 heterocycles. The van der Waals surface area contributed by atoms with Crippen LogP contribution in [0.2, 0.25) is 0 Å². The van der Waals surface area contributed by atoms with Gasteiger partial charge in [0.2, 0.25) is 0 Å². The van der Waals surface area contributed by atoms with Gasteiger partial charge in [-0.2, -0.15) is 4.31 Å². The third-order valence-corrected chi connectivity index (χ3v) is 5.80. The second-order valence-electron chi connectivity index (χ2n) is 3.62. The molecule has 1 aromatic rings. The number of carbonyl (C=O) groups excluding carboxylic acids is 1. The summed E-state index contributed by atoms with van der Waals surface area (Å²) in [5.74, 6) is -0.504. The highest BCUT2D eigenvalue weighted by atomic mass is 32.2. The molecule has 1 fully saturated rings. The van der Waals surface area contributed by atoms with Gasteiger partial charge in [0, 0.05) is 6.54 Å². The lowest BCUT2D eigenvalue weighted by Gasteiger charge is -2.20. The van der Waals surface area contributed by atoms with Crippen molar-refractivity contribution in [1.82, 2.24) is 9.29 Å². The van der Waals surface area contributed by atoms with E-state index in [2.05, 4.69) is 9.72 Å². The Labute approximate surface area is 103 Å². The minimum Gasteiger partial charge on any atom is -0.468 e. The van der Waals surface area contributed by atoms with Crippen LogP contribution in [0.15, 0.2) is 15.9 Å². The fourth-order valence-electron chi connectivity index (χ4n) is 1.85. The van der Waals surface area contributed by atoms with Crippen LogP contribution in [-0.4, -0.2) is 43.4 Å². The second-order valence-corrected chi connectivity index (χ2v) is 6.62. The lowest BCUT2D eigenvalue weighted by atomic mass is 10.2. The Hall–Kier alpha value is -0.990. The van der Waals surface area contributed by atoms with E-state index in [1.165, 1.54) is 23.1 Å². The van der Waals surface area contributed by atoms with E-state index < -0.39 is 22.0 Å². The smallest absolute Gasteiger partial charge is 0.324 e. The minimum absolute atomic E-state index is 0.160.